The van der Waals surface area contributed by atoms with E-state index in [4.69, 9.17) is 4.74 Å². The zero-order valence-corrected chi connectivity index (χ0v) is 11.6. The Morgan fingerprint density at radius 2 is 2.17 bits per heavy atom. The highest BCUT2D eigenvalue weighted by atomic mass is 16.6. The number of amides is 1. The van der Waals surface area contributed by atoms with Crippen molar-refractivity contribution < 1.29 is 9.53 Å². The Morgan fingerprint density at radius 1 is 1.39 bits per heavy atom. The van der Waals surface area contributed by atoms with E-state index in [-0.39, 0.29) is 6.09 Å². The maximum absolute atomic E-state index is 12.0. The van der Waals surface area contributed by atoms with Gasteiger partial charge >= 0.3 is 6.09 Å². The third-order valence-electron chi connectivity index (χ3n) is 3.34. The van der Waals surface area contributed by atoms with Crippen LogP contribution < -0.4 is 0 Å². The quantitative estimate of drug-likeness (QED) is 0.711. The number of allylic oxidation sites excluding steroid dienone is 3. The lowest BCUT2D eigenvalue weighted by Gasteiger charge is -2.24. The van der Waals surface area contributed by atoms with Gasteiger partial charge in [0.15, 0.2) is 0 Å². The van der Waals surface area contributed by atoms with Gasteiger partial charge in [-0.25, -0.2) is 4.79 Å². The lowest BCUT2D eigenvalue weighted by atomic mass is 9.93. The minimum Gasteiger partial charge on any atom is -0.444 e. The van der Waals surface area contributed by atoms with E-state index in [2.05, 4.69) is 18.2 Å². The Kier molecular flexibility index (Phi) is 3.79. The summed E-state index contributed by atoms with van der Waals surface area (Å²) in [5.74, 6) is 0.495. The van der Waals surface area contributed by atoms with E-state index in [9.17, 15) is 4.79 Å². The van der Waals surface area contributed by atoms with Gasteiger partial charge in [0.2, 0.25) is 0 Å². The van der Waals surface area contributed by atoms with Crippen LogP contribution in [0.4, 0.5) is 4.79 Å². The van der Waals surface area contributed by atoms with Crippen molar-refractivity contribution in [2.45, 2.75) is 45.6 Å². The summed E-state index contributed by atoms with van der Waals surface area (Å²) in [7, 11) is 0. The van der Waals surface area contributed by atoms with E-state index < -0.39 is 5.60 Å². The number of hydrogen-bond donors (Lipinski definition) is 0. The summed E-state index contributed by atoms with van der Waals surface area (Å²) in [5, 5.41) is 0. The molecule has 1 atom stereocenters. The first-order chi connectivity index (χ1) is 8.46. The van der Waals surface area contributed by atoms with Gasteiger partial charge in [0, 0.05) is 19.0 Å². The lowest BCUT2D eigenvalue weighted by molar-refractivity contribution is 0.0290. The van der Waals surface area contributed by atoms with Gasteiger partial charge in [0.1, 0.15) is 5.60 Å². The first-order valence-corrected chi connectivity index (χ1v) is 6.80. The van der Waals surface area contributed by atoms with Crippen molar-refractivity contribution in [3.8, 4) is 0 Å². The Labute approximate surface area is 109 Å². The maximum atomic E-state index is 12.0. The molecule has 0 spiro atoms. The Balaban J connectivity index is 1.90. The summed E-state index contributed by atoms with van der Waals surface area (Å²) in [6, 6.07) is 0. The molecular weight excluding hydrogens is 226 g/mol. The van der Waals surface area contributed by atoms with E-state index in [1.807, 2.05) is 25.7 Å². The molecule has 0 bridgehead atoms. The van der Waals surface area contributed by atoms with Crippen LogP contribution in [0.2, 0.25) is 0 Å². The molecule has 0 radical (unpaired) electrons. The van der Waals surface area contributed by atoms with Gasteiger partial charge in [-0.2, -0.15) is 0 Å². The molecule has 0 saturated carbocycles. The fraction of sp³-hybridized carbons (Fsp3) is 0.667. The number of hydrogen-bond acceptors (Lipinski definition) is 2. The summed E-state index contributed by atoms with van der Waals surface area (Å²) in [6.45, 7) is 7.33. The second-order valence-corrected chi connectivity index (χ2v) is 6.10. The normalized spacial score (nSPS) is 24.1. The van der Waals surface area contributed by atoms with Crippen LogP contribution in [0.3, 0.4) is 0 Å². The van der Waals surface area contributed by atoms with E-state index in [0.29, 0.717) is 5.92 Å². The summed E-state index contributed by atoms with van der Waals surface area (Å²) < 4.78 is 5.41. The Bertz CT molecular complexity index is 376. The van der Waals surface area contributed by atoms with Crippen molar-refractivity contribution in [2.75, 3.05) is 13.1 Å². The average Bonchev–Trinajstić information content (AvgIpc) is 2.77. The minimum absolute atomic E-state index is 0.176. The van der Waals surface area contributed by atoms with Crippen LogP contribution in [0.1, 0.15) is 40.0 Å². The van der Waals surface area contributed by atoms with Crippen molar-refractivity contribution in [2.24, 2.45) is 5.92 Å². The molecule has 1 saturated heterocycles. The van der Waals surface area contributed by atoms with E-state index in [0.717, 1.165) is 32.4 Å². The van der Waals surface area contributed by atoms with Gasteiger partial charge in [-0.05, 0) is 45.6 Å². The second kappa shape index (κ2) is 5.17. The maximum Gasteiger partial charge on any atom is 0.410 e. The van der Waals surface area contributed by atoms with Gasteiger partial charge in [-0.15, -0.1) is 0 Å². The van der Waals surface area contributed by atoms with Crippen LogP contribution in [-0.2, 0) is 4.74 Å². The highest BCUT2D eigenvalue weighted by molar-refractivity contribution is 5.68. The number of rotatable bonds is 1. The van der Waals surface area contributed by atoms with Crippen LogP contribution >= 0.6 is 0 Å². The van der Waals surface area contributed by atoms with E-state index in [1.165, 1.54) is 5.57 Å². The molecule has 0 aromatic rings. The van der Waals surface area contributed by atoms with Crippen LogP contribution in [0, 0.1) is 5.92 Å². The van der Waals surface area contributed by atoms with E-state index in [1.54, 1.807) is 0 Å². The molecule has 1 fully saturated rings. The molecule has 0 aromatic carbocycles. The number of carbonyl (C=O) groups excluding carboxylic acids is 1. The second-order valence-electron chi connectivity index (χ2n) is 6.10. The molecule has 0 aromatic heterocycles. The first kappa shape index (κ1) is 13.2. The molecule has 1 aliphatic heterocycles. The highest BCUT2D eigenvalue weighted by Gasteiger charge is 2.30. The highest BCUT2D eigenvalue weighted by Crippen LogP contribution is 2.28. The van der Waals surface area contributed by atoms with Gasteiger partial charge in [-0.3, -0.25) is 0 Å². The molecule has 1 heterocycles. The molecule has 3 nitrogen and oxygen atoms in total. The molecule has 18 heavy (non-hydrogen) atoms. The Hall–Kier alpha value is -1.25. The molecule has 3 heteroatoms. The summed E-state index contributed by atoms with van der Waals surface area (Å²) in [5.41, 5.74) is 0.992. The van der Waals surface area contributed by atoms with Gasteiger partial charge in [0.25, 0.3) is 0 Å². The summed E-state index contributed by atoms with van der Waals surface area (Å²) in [6.07, 6.45) is 9.91. The summed E-state index contributed by atoms with van der Waals surface area (Å²) in [4.78, 5) is 13.8. The van der Waals surface area contributed by atoms with Crippen molar-refractivity contribution in [3.05, 3.63) is 23.8 Å². The zero-order chi connectivity index (χ0) is 13.2. The Morgan fingerprint density at radius 3 is 2.78 bits per heavy atom. The standard InChI is InChI=1S/C15H23NO2/c1-15(2,3)18-14(17)16-10-9-13(11-16)12-7-5-4-6-8-12/h5,7-8,13H,4,6,9-11H2,1-3H3/t13-/m1/s1. The third-order valence-corrected chi connectivity index (χ3v) is 3.34. The smallest absolute Gasteiger partial charge is 0.410 e. The van der Waals surface area contributed by atoms with Crippen molar-refractivity contribution in [1.29, 1.82) is 0 Å². The van der Waals surface area contributed by atoms with Crippen LogP contribution in [0.15, 0.2) is 23.8 Å². The fourth-order valence-electron chi connectivity index (χ4n) is 2.46. The number of nitrogens with zero attached hydrogens (tertiary/aromatic N) is 1. The molecule has 1 amide bonds. The number of ether oxygens (including phenoxy) is 1. The molecule has 0 N–H and O–H groups in total. The molecule has 2 rings (SSSR count). The molecular formula is C15H23NO2. The van der Waals surface area contributed by atoms with Gasteiger partial charge < -0.3 is 9.64 Å². The number of carbonyl (C=O) groups is 1. The topological polar surface area (TPSA) is 29.5 Å². The first-order valence-electron chi connectivity index (χ1n) is 6.80. The zero-order valence-electron chi connectivity index (χ0n) is 11.6. The van der Waals surface area contributed by atoms with Gasteiger partial charge in [-0.1, -0.05) is 18.2 Å². The summed E-state index contributed by atoms with van der Waals surface area (Å²) >= 11 is 0. The van der Waals surface area contributed by atoms with Crippen LogP contribution in [0.25, 0.3) is 0 Å². The van der Waals surface area contributed by atoms with Crippen LogP contribution in [0.5, 0.6) is 0 Å². The van der Waals surface area contributed by atoms with Gasteiger partial charge in [0.05, 0.1) is 0 Å². The molecule has 0 unspecified atom stereocenters. The van der Waals surface area contributed by atoms with Crippen molar-refractivity contribution in [3.63, 3.8) is 0 Å². The number of likely N-dealkylation sites (tertiary alicyclic amines) is 1. The minimum atomic E-state index is -0.404. The average molecular weight is 249 g/mol. The van der Waals surface area contributed by atoms with E-state index >= 15 is 0 Å². The third kappa shape index (κ3) is 3.37. The largest absolute Gasteiger partial charge is 0.444 e. The lowest BCUT2D eigenvalue weighted by Crippen LogP contribution is -2.35. The predicted octanol–water partition coefficient (Wildman–Crippen LogP) is 3.52. The molecule has 2 aliphatic rings. The van der Waals surface area contributed by atoms with Crippen molar-refractivity contribution in [1.82, 2.24) is 4.90 Å². The molecule has 100 valence electrons. The predicted molar refractivity (Wildman–Crippen MR) is 72.4 cm³/mol. The fourth-order valence-corrected chi connectivity index (χ4v) is 2.46. The van der Waals surface area contributed by atoms with Crippen molar-refractivity contribution >= 4 is 6.09 Å². The monoisotopic (exact) mass is 249 g/mol. The SMILES string of the molecule is CC(C)(C)OC(=O)N1CC[C@@H](C2=CCCC=C2)C1. The molecule has 1 aliphatic carbocycles. The van der Waals surface area contributed by atoms with Crippen LogP contribution in [-0.4, -0.2) is 29.7 Å².